The second-order valence-electron chi connectivity index (χ2n) is 6.38. The van der Waals surface area contributed by atoms with Crippen LogP contribution in [0.5, 0.6) is 17.2 Å². The highest BCUT2D eigenvalue weighted by atomic mass is 16.7. The van der Waals surface area contributed by atoms with Gasteiger partial charge in [0.05, 0.1) is 12.5 Å². The van der Waals surface area contributed by atoms with E-state index in [9.17, 15) is 9.90 Å². The molecule has 0 bridgehead atoms. The minimum absolute atomic E-state index is 0.218. The number of nitrogens with one attached hydrogen (secondary N) is 1. The van der Waals surface area contributed by atoms with Crippen LogP contribution in [0.2, 0.25) is 0 Å². The van der Waals surface area contributed by atoms with Crippen molar-refractivity contribution in [3.8, 4) is 17.2 Å². The molecule has 0 atom stereocenters. The minimum atomic E-state index is -0.918. The topological polar surface area (TPSA) is 77.0 Å². The monoisotopic (exact) mass is 343 g/mol. The van der Waals surface area contributed by atoms with E-state index in [0.29, 0.717) is 18.0 Å². The van der Waals surface area contributed by atoms with Gasteiger partial charge in [-0.2, -0.15) is 0 Å². The molecule has 0 saturated heterocycles. The number of rotatable bonds is 6. The van der Waals surface area contributed by atoms with E-state index in [1.807, 2.05) is 36.4 Å². The zero-order valence-corrected chi connectivity index (χ0v) is 14.5. The lowest BCUT2D eigenvalue weighted by Crippen LogP contribution is -2.28. The molecule has 1 heterocycles. The van der Waals surface area contributed by atoms with Crippen molar-refractivity contribution in [1.82, 2.24) is 0 Å². The number of ether oxygens (including phenoxy) is 3. The fraction of sp³-hybridized carbons (Fsp3) is 0.316. The highest BCUT2D eigenvalue weighted by Crippen LogP contribution is 2.38. The van der Waals surface area contributed by atoms with Crippen molar-refractivity contribution in [2.45, 2.75) is 25.8 Å². The maximum Gasteiger partial charge on any atom is 0.313 e. The molecule has 0 unspecified atom stereocenters. The highest BCUT2D eigenvalue weighted by Gasteiger charge is 2.29. The molecule has 2 aromatic carbocycles. The van der Waals surface area contributed by atoms with Crippen molar-refractivity contribution < 1.29 is 24.1 Å². The second kappa shape index (κ2) is 6.55. The van der Waals surface area contributed by atoms with E-state index in [-0.39, 0.29) is 6.79 Å². The van der Waals surface area contributed by atoms with Gasteiger partial charge in [0.2, 0.25) is 6.79 Å². The quantitative estimate of drug-likeness (QED) is 0.837. The first-order valence-electron chi connectivity index (χ1n) is 7.96. The third-order valence-corrected chi connectivity index (χ3v) is 4.40. The van der Waals surface area contributed by atoms with Crippen molar-refractivity contribution in [3.05, 3.63) is 47.5 Å². The molecule has 0 fully saturated rings. The molecular weight excluding hydrogens is 322 g/mol. The number of fused-ring (bicyclic) bond motifs is 1. The molecule has 0 saturated carbocycles. The van der Waals surface area contributed by atoms with Crippen LogP contribution < -0.4 is 19.5 Å². The lowest BCUT2D eigenvalue weighted by atomic mass is 9.85. The Morgan fingerprint density at radius 3 is 2.44 bits per heavy atom. The maximum atomic E-state index is 11.3. The van der Waals surface area contributed by atoms with E-state index in [2.05, 4.69) is 5.32 Å². The van der Waals surface area contributed by atoms with E-state index in [1.165, 1.54) is 0 Å². The van der Waals surface area contributed by atoms with Crippen LogP contribution in [-0.4, -0.2) is 25.0 Å². The molecule has 0 aliphatic carbocycles. The molecule has 6 nitrogen and oxygen atoms in total. The van der Waals surface area contributed by atoms with Crippen LogP contribution in [-0.2, 0) is 16.8 Å². The van der Waals surface area contributed by atoms with Crippen LogP contribution in [0.3, 0.4) is 0 Å². The largest absolute Gasteiger partial charge is 0.496 e. The Bertz CT molecular complexity index is 783. The first-order chi connectivity index (χ1) is 11.9. The molecule has 25 heavy (non-hydrogen) atoms. The summed E-state index contributed by atoms with van der Waals surface area (Å²) in [5.41, 5.74) is 1.68. The van der Waals surface area contributed by atoms with Crippen molar-refractivity contribution in [2.24, 2.45) is 0 Å². The molecule has 0 aromatic heterocycles. The molecule has 0 amide bonds. The molecule has 1 aliphatic rings. The third kappa shape index (κ3) is 3.33. The summed E-state index contributed by atoms with van der Waals surface area (Å²) >= 11 is 0. The van der Waals surface area contributed by atoms with Crippen LogP contribution in [0.4, 0.5) is 5.69 Å². The first kappa shape index (κ1) is 17.0. The van der Waals surface area contributed by atoms with Crippen molar-refractivity contribution in [3.63, 3.8) is 0 Å². The Hall–Kier alpha value is -2.89. The van der Waals surface area contributed by atoms with E-state index < -0.39 is 11.4 Å². The second-order valence-corrected chi connectivity index (χ2v) is 6.38. The Morgan fingerprint density at radius 1 is 1.20 bits per heavy atom. The summed E-state index contributed by atoms with van der Waals surface area (Å²) in [6.07, 6.45) is 0. The Labute approximate surface area is 146 Å². The molecule has 2 aromatic rings. The van der Waals surface area contributed by atoms with Gasteiger partial charge in [-0.1, -0.05) is 12.1 Å². The number of hydrogen-bond acceptors (Lipinski definition) is 5. The molecule has 132 valence electrons. The van der Waals surface area contributed by atoms with E-state index >= 15 is 0 Å². The summed E-state index contributed by atoms with van der Waals surface area (Å²) in [6, 6.07) is 11.1. The summed E-state index contributed by atoms with van der Waals surface area (Å²) in [4.78, 5) is 11.3. The fourth-order valence-corrected chi connectivity index (χ4v) is 2.62. The smallest absolute Gasteiger partial charge is 0.313 e. The van der Waals surface area contributed by atoms with E-state index in [0.717, 1.165) is 22.6 Å². The number of carbonyl (C=O) groups is 1. The summed E-state index contributed by atoms with van der Waals surface area (Å²) < 4.78 is 16.2. The van der Waals surface area contributed by atoms with Crippen molar-refractivity contribution in [2.75, 3.05) is 19.2 Å². The van der Waals surface area contributed by atoms with Crippen LogP contribution in [0.25, 0.3) is 0 Å². The average Bonchev–Trinajstić information content (AvgIpc) is 3.06. The van der Waals surface area contributed by atoms with Gasteiger partial charge in [0.25, 0.3) is 0 Å². The summed E-state index contributed by atoms with van der Waals surface area (Å²) in [6.45, 7) is 4.14. The predicted octanol–water partition coefficient (Wildman–Crippen LogP) is 3.40. The number of methoxy groups -OCH3 is 1. The van der Waals surface area contributed by atoms with Crippen LogP contribution in [0.1, 0.15) is 25.0 Å². The normalized spacial score (nSPS) is 12.8. The van der Waals surface area contributed by atoms with Crippen molar-refractivity contribution in [1.29, 1.82) is 0 Å². The standard InChI is InChI=1S/C19H21NO5/c1-19(2,18(21)22)13-4-6-14(7-5-13)20-10-12-8-16-17(25-11-24-16)9-15(12)23-3/h4-9,20H,10-11H2,1-3H3,(H,21,22). The number of benzene rings is 2. The zero-order valence-electron chi connectivity index (χ0n) is 14.5. The number of hydrogen-bond donors (Lipinski definition) is 2. The van der Waals surface area contributed by atoms with E-state index in [4.69, 9.17) is 14.2 Å². The summed E-state index contributed by atoms with van der Waals surface area (Å²) in [5, 5.41) is 12.6. The molecule has 0 radical (unpaired) electrons. The van der Waals surface area contributed by atoms with Gasteiger partial charge in [0, 0.05) is 23.9 Å². The lowest BCUT2D eigenvalue weighted by molar-refractivity contribution is -0.142. The highest BCUT2D eigenvalue weighted by molar-refractivity contribution is 5.80. The zero-order chi connectivity index (χ0) is 18.0. The number of carboxylic acids is 1. The number of anilines is 1. The van der Waals surface area contributed by atoms with Gasteiger partial charge < -0.3 is 24.6 Å². The lowest BCUT2D eigenvalue weighted by Gasteiger charge is -2.20. The molecule has 1 aliphatic heterocycles. The Kier molecular flexibility index (Phi) is 4.44. The average molecular weight is 343 g/mol. The van der Waals surface area contributed by atoms with Gasteiger partial charge in [0.15, 0.2) is 11.5 Å². The molecule has 3 rings (SSSR count). The summed E-state index contributed by atoms with van der Waals surface area (Å²) in [7, 11) is 1.61. The fourth-order valence-electron chi connectivity index (χ4n) is 2.62. The SMILES string of the molecule is COc1cc2c(cc1CNc1ccc(C(C)(C)C(=O)O)cc1)OCO2. The summed E-state index contributed by atoms with van der Waals surface area (Å²) in [5.74, 6) is 1.26. The van der Waals surface area contributed by atoms with Crippen LogP contribution in [0.15, 0.2) is 36.4 Å². The molecule has 6 heteroatoms. The minimum Gasteiger partial charge on any atom is -0.496 e. The third-order valence-electron chi connectivity index (χ3n) is 4.40. The van der Waals surface area contributed by atoms with E-state index in [1.54, 1.807) is 21.0 Å². The molecular formula is C19H21NO5. The maximum absolute atomic E-state index is 11.3. The van der Waals surface area contributed by atoms with Gasteiger partial charge >= 0.3 is 5.97 Å². The van der Waals surface area contributed by atoms with Gasteiger partial charge in [-0.15, -0.1) is 0 Å². The number of carboxylic acid groups (broad SMARTS) is 1. The van der Waals surface area contributed by atoms with Gasteiger partial charge in [-0.3, -0.25) is 4.79 Å². The predicted molar refractivity (Wildman–Crippen MR) is 93.5 cm³/mol. The number of aliphatic carboxylic acids is 1. The van der Waals surface area contributed by atoms with Gasteiger partial charge in [-0.05, 0) is 37.6 Å². The Morgan fingerprint density at radius 2 is 1.84 bits per heavy atom. The van der Waals surface area contributed by atoms with Crippen LogP contribution in [0, 0.1) is 0 Å². The van der Waals surface area contributed by atoms with Gasteiger partial charge in [0.1, 0.15) is 5.75 Å². The first-order valence-corrected chi connectivity index (χ1v) is 7.96. The Balaban J connectivity index is 1.73. The van der Waals surface area contributed by atoms with Gasteiger partial charge in [-0.25, -0.2) is 0 Å². The van der Waals surface area contributed by atoms with Crippen LogP contribution >= 0.6 is 0 Å². The van der Waals surface area contributed by atoms with Crippen molar-refractivity contribution >= 4 is 11.7 Å². The molecule has 0 spiro atoms. The molecule has 2 N–H and O–H groups in total.